The lowest BCUT2D eigenvalue weighted by atomic mass is 9.90. The van der Waals surface area contributed by atoms with Crippen LogP contribution in [0.25, 0.3) is 11.0 Å². The van der Waals surface area contributed by atoms with E-state index in [-0.39, 0.29) is 6.09 Å². The summed E-state index contributed by atoms with van der Waals surface area (Å²) in [5.41, 5.74) is 1.40. The number of cyclic esters (lactones) is 1. The van der Waals surface area contributed by atoms with Crippen LogP contribution in [0.1, 0.15) is 18.4 Å². The number of hydrogen-bond acceptors (Lipinski definition) is 6. The Morgan fingerprint density at radius 2 is 1.96 bits per heavy atom. The Hall–Kier alpha value is -3.13. The zero-order valence-corrected chi connectivity index (χ0v) is 15.4. The van der Waals surface area contributed by atoms with Crippen LogP contribution < -0.4 is 10.2 Å². The molecule has 0 unspecified atom stereocenters. The summed E-state index contributed by atoms with van der Waals surface area (Å²) in [5.74, 6) is 1.04. The number of carbonyl (C=O) groups excluding carboxylic acids is 1. The Morgan fingerprint density at radius 3 is 2.79 bits per heavy atom. The maximum atomic E-state index is 12.7. The summed E-state index contributed by atoms with van der Waals surface area (Å²) in [4.78, 5) is 26.8. The second kappa shape index (κ2) is 6.79. The van der Waals surface area contributed by atoms with Gasteiger partial charge in [-0.3, -0.25) is 4.90 Å². The van der Waals surface area contributed by atoms with E-state index in [1.807, 2.05) is 42.6 Å². The van der Waals surface area contributed by atoms with Crippen LogP contribution >= 0.6 is 0 Å². The number of ether oxygens (including phenoxy) is 2. The van der Waals surface area contributed by atoms with Crippen LogP contribution in [0.4, 0.5) is 16.6 Å². The largest absolute Gasteiger partial charge is 0.447 e. The predicted octanol–water partition coefficient (Wildman–Crippen LogP) is 3.08. The van der Waals surface area contributed by atoms with E-state index in [1.165, 1.54) is 0 Å². The molecule has 2 N–H and O–H groups in total. The number of amides is 1. The van der Waals surface area contributed by atoms with Crippen LogP contribution in [-0.4, -0.2) is 46.4 Å². The van der Waals surface area contributed by atoms with Gasteiger partial charge >= 0.3 is 6.09 Å². The predicted molar refractivity (Wildman–Crippen MR) is 104 cm³/mol. The first-order chi connectivity index (χ1) is 13.8. The van der Waals surface area contributed by atoms with Gasteiger partial charge in [-0.15, -0.1) is 0 Å². The summed E-state index contributed by atoms with van der Waals surface area (Å²) in [6.45, 7) is 2.16. The van der Waals surface area contributed by atoms with Crippen LogP contribution in [0.2, 0.25) is 0 Å². The highest BCUT2D eigenvalue weighted by molar-refractivity contribution is 6.00. The number of nitrogens with one attached hydrogen (secondary N) is 2. The summed E-state index contributed by atoms with van der Waals surface area (Å²) in [7, 11) is 0. The molecule has 2 fully saturated rings. The van der Waals surface area contributed by atoms with Crippen molar-refractivity contribution in [3.63, 3.8) is 0 Å². The molecule has 3 aromatic rings. The lowest BCUT2D eigenvalue weighted by molar-refractivity contribution is 0.0468. The van der Waals surface area contributed by atoms with Crippen LogP contribution in [0.5, 0.6) is 0 Å². The zero-order chi connectivity index (χ0) is 19.0. The van der Waals surface area contributed by atoms with Gasteiger partial charge in [0.25, 0.3) is 0 Å². The van der Waals surface area contributed by atoms with Gasteiger partial charge in [-0.2, -0.15) is 9.97 Å². The smallest absolute Gasteiger partial charge is 0.416 e. The Morgan fingerprint density at radius 1 is 1.14 bits per heavy atom. The fourth-order valence-corrected chi connectivity index (χ4v) is 3.90. The fraction of sp³-hybridized carbons (Fsp3) is 0.350. The van der Waals surface area contributed by atoms with Gasteiger partial charge in [0, 0.05) is 26.0 Å². The summed E-state index contributed by atoms with van der Waals surface area (Å²) in [5, 5.41) is 4.07. The summed E-state index contributed by atoms with van der Waals surface area (Å²) in [6, 6.07) is 11.9. The quantitative estimate of drug-likeness (QED) is 0.724. The molecule has 0 saturated carbocycles. The molecule has 0 atom stereocenters. The number of carbonyl (C=O) groups is 1. The number of fused-ring (bicyclic) bond motifs is 1. The molecule has 5 rings (SSSR count). The first-order valence-corrected chi connectivity index (χ1v) is 9.43. The average molecular weight is 379 g/mol. The molecule has 2 aliphatic rings. The molecule has 8 nitrogen and oxygen atoms in total. The monoisotopic (exact) mass is 379 g/mol. The number of H-pyrrole nitrogens is 1. The average Bonchev–Trinajstić information content (AvgIpc) is 3.32. The Labute approximate surface area is 161 Å². The van der Waals surface area contributed by atoms with Gasteiger partial charge in [0.15, 0.2) is 5.82 Å². The van der Waals surface area contributed by atoms with E-state index in [0.29, 0.717) is 43.8 Å². The number of hydrogen-bond donors (Lipinski definition) is 2. The molecule has 1 aromatic carbocycles. The Bertz CT molecular complexity index is 998. The van der Waals surface area contributed by atoms with Crippen molar-refractivity contribution in [3.05, 3.63) is 48.2 Å². The number of anilines is 2. The van der Waals surface area contributed by atoms with Gasteiger partial charge in [0.1, 0.15) is 12.3 Å². The molecule has 8 heteroatoms. The zero-order valence-electron chi connectivity index (χ0n) is 15.4. The number of rotatable bonds is 4. The SMILES string of the molecule is O=C1OCC2(CCOCC2)N1c1nc(NCc2ccccc2)nc2[nH]ccc12. The Kier molecular flexibility index (Phi) is 4.12. The van der Waals surface area contributed by atoms with Crippen LogP contribution in [-0.2, 0) is 16.0 Å². The van der Waals surface area contributed by atoms with E-state index in [4.69, 9.17) is 14.5 Å². The van der Waals surface area contributed by atoms with E-state index in [9.17, 15) is 4.79 Å². The van der Waals surface area contributed by atoms with Gasteiger partial charge in [-0.25, -0.2) is 4.79 Å². The van der Waals surface area contributed by atoms with Crippen molar-refractivity contribution >= 4 is 28.9 Å². The molecular weight excluding hydrogens is 358 g/mol. The van der Waals surface area contributed by atoms with E-state index in [2.05, 4.69) is 15.3 Å². The highest BCUT2D eigenvalue weighted by atomic mass is 16.6. The van der Waals surface area contributed by atoms with E-state index in [1.54, 1.807) is 4.90 Å². The molecule has 0 radical (unpaired) electrons. The molecule has 4 heterocycles. The summed E-state index contributed by atoms with van der Waals surface area (Å²) >= 11 is 0. The number of nitrogens with zero attached hydrogens (tertiary/aromatic N) is 3. The Balaban J connectivity index is 1.53. The minimum Gasteiger partial charge on any atom is -0.447 e. The van der Waals surface area contributed by atoms with Gasteiger partial charge in [0.05, 0.1) is 10.9 Å². The van der Waals surface area contributed by atoms with Gasteiger partial charge in [-0.05, 0) is 24.5 Å². The first kappa shape index (κ1) is 17.0. The second-order valence-corrected chi connectivity index (χ2v) is 7.18. The molecule has 1 amide bonds. The van der Waals surface area contributed by atoms with Gasteiger partial charge in [0.2, 0.25) is 5.95 Å². The number of aromatic amines is 1. The van der Waals surface area contributed by atoms with Gasteiger partial charge < -0.3 is 19.8 Å². The van der Waals surface area contributed by atoms with Crippen LogP contribution in [0.3, 0.4) is 0 Å². The lowest BCUT2D eigenvalue weighted by Crippen LogP contribution is -2.51. The summed E-state index contributed by atoms with van der Waals surface area (Å²) in [6.07, 6.45) is 2.89. The highest BCUT2D eigenvalue weighted by Crippen LogP contribution is 2.39. The minimum atomic E-state index is -0.412. The fourth-order valence-electron chi connectivity index (χ4n) is 3.90. The molecule has 28 heavy (non-hydrogen) atoms. The molecule has 0 aliphatic carbocycles. The molecule has 2 aromatic heterocycles. The molecular formula is C20H21N5O3. The highest BCUT2D eigenvalue weighted by Gasteiger charge is 2.50. The second-order valence-electron chi connectivity index (χ2n) is 7.18. The maximum Gasteiger partial charge on any atom is 0.416 e. The third-order valence-corrected chi connectivity index (χ3v) is 5.45. The van der Waals surface area contributed by atoms with Crippen LogP contribution in [0, 0.1) is 0 Å². The summed E-state index contributed by atoms with van der Waals surface area (Å²) < 4.78 is 11.0. The van der Waals surface area contributed by atoms with Crippen molar-refractivity contribution in [2.45, 2.75) is 24.9 Å². The molecule has 0 bridgehead atoms. The molecule has 1 spiro atoms. The van der Waals surface area contributed by atoms with Crippen molar-refractivity contribution < 1.29 is 14.3 Å². The third-order valence-electron chi connectivity index (χ3n) is 5.45. The molecule has 2 saturated heterocycles. The van der Waals surface area contributed by atoms with Crippen LogP contribution in [0.15, 0.2) is 42.6 Å². The molecule has 144 valence electrons. The van der Waals surface area contributed by atoms with E-state index >= 15 is 0 Å². The van der Waals surface area contributed by atoms with Crippen molar-refractivity contribution in [2.75, 3.05) is 30.0 Å². The van der Waals surface area contributed by atoms with Crippen molar-refractivity contribution in [2.24, 2.45) is 0 Å². The molecule has 2 aliphatic heterocycles. The van der Waals surface area contributed by atoms with Crippen molar-refractivity contribution in [1.29, 1.82) is 0 Å². The minimum absolute atomic E-state index is 0.359. The van der Waals surface area contributed by atoms with Crippen molar-refractivity contribution in [3.8, 4) is 0 Å². The number of aromatic nitrogens is 3. The maximum absolute atomic E-state index is 12.7. The third kappa shape index (κ3) is 2.86. The van der Waals surface area contributed by atoms with Gasteiger partial charge in [-0.1, -0.05) is 30.3 Å². The normalized spacial score (nSPS) is 18.6. The van der Waals surface area contributed by atoms with Crippen molar-refractivity contribution in [1.82, 2.24) is 15.0 Å². The van der Waals surface area contributed by atoms with E-state index in [0.717, 1.165) is 23.8 Å². The standard InChI is InChI=1S/C20H21N5O3/c26-19-25(20(13-28-19)7-10-27-11-8-20)17-15-6-9-21-16(15)23-18(24-17)22-12-14-4-2-1-3-5-14/h1-6,9H,7-8,10-13H2,(H2,21,22,23,24). The topological polar surface area (TPSA) is 92.4 Å². The lowest BCUT2D eigenvalue weighted by Gasteiger charge is -2.37. The first-order valence-electron chi connectivity index (χ1n) is 9.43. The van der Waals surface area contributed by atoms with E-state index < -0.39 is 5.54 Å². The number of benzene rings is 1.